The quantitative estimate of drug-likeness (QED) is 0.610. The standard InChI is InChI=1S/C21H23FN4O3/c1-14(23-20(27)19-9-5-11-29-19)21(28)26(2)10-4-8-17-13-18(25-24-17)15-6-3-7-16(22)12-15/h3,5-7,9,11-14H,4,8,10H2,1-2H3,(H,23,27)(H,24,25). The summed E-state index contributed by atoms with van der Waals surface area (Å²) in [6.07, 6.45) is 2.81. The van der Waals surface area contributed by atoms with Crippen molar-refractivity contribution in [3.8, 4) is 11.3 Å². The lowest BCUT2D eigenvalue weighted by molar-refractivity contribution is -0.131. The highest BCUT2D eigenvalue weighted by Crippen LogP contribution is 2.19. The van der Waals surface area contributed by atoms with E-state index < -0.39 is 11.9 Å². The summed E-state index contributed by atoms with van der Waals surface area (Å²) in [5.74, 6) is -0.748. The van der Waals surface area contributed by atoms with Crippen LogP contribution in [0.5, 0.6) is 0 Å². The molecule has 3 aromatic rings. The smallest absolute Gasteiger partial charge is 0.287 e. The lowest BCUT2D eigenvalue weighted by Crippen LogP contribution is -2.45. The van der Waals surface area contributed by atoms with Gasteiger partial charge in [0.1, 0.15) is 11.9 Å². The van der Waals surface area contributed by atoms with E-state index in [0.717, 1.165) is 5.69 Å². The molecule has 0 saturated heterocycles. The van der Waals surface area contributed by atoms with Crippen LogP contribution in [0.2, 0.25) is 0 Å². The first-order valence-corrected chi connectivity index (χ1v) is 9.33. The van der Waals surface area contributed by atoms with Crippen molar-refractivity contribution in [2.45, 2.75) is 25.8 Å². The van der Waals surface area contributed by atoms with Crippen molar-refractivity contribution >= 4 is 11.8 Å². The molecule has 3 rings (SSSR count). The molecular formula is C21H23FN4O3. The van der Waals surface area contributed by atoms with Crippen LogP contribution >= 0.6 is 0 Å². The topological polar surface area (TPSA) is 91.2 Å². The number of halogens is 1. The molecule has 2 heterocycles. The number of aromatic amines is 1. The maximum Gasteiger partial charge on any atom is 0.287 e. The third-order valence-corrected chi connectivity index (χ3v) is 4.53. The highest BCUT2D eigenvalue weighted by Gasteiger charge is 2.21. The highest BCUT2D eigenvalue weighted by atomic mass is 19.1. The minimum atomic E-state index is -0.663. The number of aryl methyl sites for hydroxylation is 1. The Balaban J connectivity index is 1.46. The van der Waals surface area contributed by atoms with Crippen LogP contribution < -0.4 is 5.32 Å². The minimum Gasteiger partial charge on any atom is -0.459 e. The minimum absolute atomic E-state index is 0.167. The lowest BCUT2D eigenvalue weighted by Gasteiger charge is -2.21. The molecule has 29 heavy (non-hydrogen) atoms. The second-order valence-corrected chi connectivity index (χ2v) is 6.82. The predicted molar refractivity (Wildman–Crippen MR) is 106 cm³/mol. The zero-order valence-electron chi connectivity index (χ0n) is 16.3. The molecule has 1 atom stereocenters. The van der Waals surface area contributed by atoms with Crippen molar-refractivity contribution in [2.75, 3.05) is 13.6 Å². The van der Waals surface area contributed by atoms with E-state index in [2.05, 4.69) is 15.5 Å². The van der Waals surface area contributed by atoms with Gasteiger partial charge in [-0.1, -0.05) is 12.1 Å². The van der Waals surface area contributed by atoms with Crippen molar-refractivity contribution in [1.29, 1.82) is 0 Å². The van der Waals surface area contributed by atoms with E-state index in [9.17, 15) is 14.0 Å². The van der Waals surface area contributed by atoms with Crippen molar-refractivity contribution in [3.63, 3.8) is 0 Å². The van der Waals surface area contributed by atoms with Crippen LogP contribution in [0.25, 0.3) is 11.3 Å². The lowest BCUT2D eigenvalue weighted by atomic mass is 10.1. The van der Waals surface area contributed by atoms with Gasteiger partial charge in [0.05, 0.1) is 12.0 Å². The van der Waals surface area contributed by atoms with Gasteiger partial charge in [0.15, 0.2) is 5.76 Å². The Bertz CT molecular complexity index is 968. The Morgan fingerprint density at radius 2 is 2.10 bits per heavy atom. The van der Waals surface area contributed by atoms with Crippen molar-refractivity contribution < 1.29 is 18.4 Å². The number of nitrogens with zero attached hydrogens (tertiary/aromatic N) is 2. The van der Waals surface area contributed by atoms with Gasteiger partial charge in [-0.3, -0.25) is 14.7 Å². The largest absolute Gasteiger partial charge is 0.459 e. The van der Waals surface area contributed by atoms with Crippen molar-refractivity contribution in [3.05, 3.63) is 66.0 Å². The van der Waals surface area contributed by atoms with E-state index in [1.54, 1.807) is 43.1 Å². The van der Waals surface area contributed by atoms with Crippen LogP contribution in [0.1, 0.15) is 29.6 Å². The van der Waals surface area contributed by atoms with E-state index in [1.807, 2.05) is 6.07 Å². The first-order chi connectivity index (χ1) is 13.9. The molecule has 0 saturated carbocycles. The summed E-state index contributed by atoms with van der Waals surface area (Å²) in [4.78, 5) is 26.0. The molecule has 0 radical (unpaired) electrons. The van der Waals surface area contributed by atoms with Gasteiger partial charge in [-0.2, -0.15) is 5.10 Å². The maximum atomic E-state index is 13.3. The Labute approximate surface area is 167 Å². The number of aromatic nitrogens is 2. The second kappa shape index (κ2) is 9.18. The normalized spacial score (nSPS) is 11.8. The van der Waals surface area contributed by atoms with E-state index in [-0.39, 0.29) is 17.5 Å². The predicted octanol–water partition coefficient (Wildman–Crippen LogP) is 3.02. The van der Waals surface area contributed by atoms with Crippen LogP contribution in [-0.4, -0.2) is 46.5 Å². The Hall–Kier alpha value is -3.42. The number of rotatable bonds is 8. The van der Waals surface area contributed by atoms with Crippen LogP contribution in [0.4, 0.5) is 4.39 Å². The third-order valence-electron chi connectivity index (χ3n) is 4.53. The number of hydrogen-bond donors (Lipinski definition) is 2. The molecule has 2 aromatic heterocycles. The van der Waals surface area contributed by atoms with Gasteiger partial charge >= 0.3 is 0 Å². The molecule has 0 bridgehead atoms. The van der Waals surface area contributed by atoms with Gasteiger partial charge in [-0.25, -0.2) is 4.39 Å². The molecule has 1 unspecified atom stereocenters. The van der Waals surface area contributed by atoms with Gasteiger partial charge < -0.3 is 14.6 Å². The number of hydrogen-bond acceptors (Lipinski definition) is 4. The number of benzene rings is 1. The molecule has 7 nitrogen and oxygen atoms in total. The Morgan fingerprint density at radius 1 is 1.28 bits per heavy atom. The van der Waals surface area contributed by atoms with Gasteiger partial charge in [0, 0.05) is 24.8 Å². The number of carbonyl (C=O) groups is 2. The summed E-state index contributed by atoms with van der Waals surface area (Å²) in [6.45, 7) is 2.16. The monoisotopic (exact) mass is 398 g/mol. The number of likely N-dealkylation sites (N-methyl/N-ethyl adjacent to an activating group) is 1. The van der Waals surface area contributed by atoms with E-state index in [0.29, 0.717) is 30.6 Å². The van der Waals surface area contributed by atoms with E-state index >= 15 is 0 Å². The second-order valence-electron chi connectivity index (χ2n) is 6.82. The van der Waals surface area contributed by atoms with Gasteiger partial charge in [-0.05, 0) is 50.1 Å². The molecule has 0 aliphatic heterocycles. The van der Waals surface area contributed by atoms with Gasteiger partial charge in [0.25, 0.3) is 5.91 Å². The zero-order valence-corrected chi connectivity index (χ0v) is 16.3. The van der Waals surface area contributed by atoms with Crippen molar-refractivity contribution in [1.82, 2.24) is 20.4 Å². The number of amides is 2. The Kier molecular flexibility index (Phi) is 6.43. The molecule has 0 spiro atoms. The molecular weight excluding hydrogens is 375 g/mol. The number of nitrogens with one attached hydrogen (secondary N) is 2. The molecule has 0 fully saturated rings. The fourth-order valence-corrected chi connectivity index (χ4v) is 2.97. The number of H-pyrrole nitrogens is 1. The summed E-state index contributed by atoms with van der Waals surface area (Å²) in [5, 5.41) is 9.79. The van der Waals surface area contributed by atoms with Crippen LogP contribution in [0.3, 0.4) is 0 Å². The van der Waals surface area contributed by atoms with Gasteiger partial charge in [-0.15, -0.1) is 0 Å². The molecule has 0 aliphatic rings. The SMILES string of the molecule is CC(NC(=O)c1ccco1)C(=O)N(C)CCCc1cc(-c2cccc(F)c2)n[nH]1. The molecule has 1 aromatic carbocycles. The zero-order chi connectivity index (χ0) is 20.8. The van der Waals surface area contributed by atoms with Crippen LogP contribution in [-0.2, 0) is 11.2 Å². The summed E-state index contributed by atoms with van der Waals surface area (Å²) in [6, 6.07) is 10.6. The summed E-state index contributed by atoms with van der Waals surface area (Å²) < 4.78 is 18.4. The van der Waals surface area contributed by atoms with Crippen LogP contribution in [0, 0.1) is 5.82 Å². The average Bonchev–Trinajstić information content (AvgIpc) is 3.39. The molecule has 8 heteroatoms. The maximum absolute atomic E-state index is 13.3. The number of furan rings is 1. The van der Waals surface area contributed by atoms with E-state index in [4.69, 9.17) is 4.42 Å². The van der Waals surface area contributed by atoms with Gasteiger partial charge in [0.2, 0.25) is 5.91 Å². The fraction of sp³-hybridized carbons (Fsp3) is 0.286. The molecule has 2 N–H and O–H groups in total. The summed E-state index contributed by atoms with van der Waals surface area (Å²) in [5.41, 5.74) is 2.29. The third kappa shape index (κ3) is 5.31. The molecule has 0 aliphatic carbocycles. The highest BCUT2D eigenvalue weighted by molar-refractivity contribution is 5.95. The average molecular weight is 398 g/mol. The summed E-state index contributed by atoms with van der Waals surface area (Å²) >= 11 is 0. The first-order valence-electron chi connectivity index (χ1n) is 9.33. The summed E-state index contributed by atoms with van der Waals surface area (Å²) in [7, 11) is 1.70. The molecule has 152 valence electrons. The van der Waals surface area contributed by atoms with Crippen molar-refractivity contribution in [2.24, 2.45) is 0 Å². The number of carbonyl (C=O) groups excluding carboxylic acids is 2. The van der Waals surface area contributed by atoms with E-state index in [1.165, 1.54) is 18.4 Å². The first kappa shape index (κ1) is 20.3. The van der Waals surface area contributed by atoms with Crippen LogP contribution in [0.15, 0.2) is 53.1 Å². The fourth-order valence-electron chi connectivity index (χ4n) is 2.97. The molecule has 2 amide bonds. The Morgan fingerprint density at radius 3 is 2.83 bits per heavy atom.